The van der Waals surface area contributed by atoms with Gasteiger partial charge in [-0.1, -0.05) is 51.5 Å². The van der Waals surface area contributed by atoms with Crippen molar-refractivity contribution in [3.63, 3.8) is 0 Å². The maximum Gasteiger partial charge on any atom is 0.0979 e. The normalized spacial score (nSPS) is 17.4. The van der Waals surface area contributed by atoms with E-state index in [4.69, 9.17) is 0 Å². The summed E-state index contributed by atoms with van der Waals surface area (Å²) in [5, 5.41) is 0. The predicted octanol–water partition coefficient (Wildman–Crippen LogP) is 6.34. The summed E-state index contributed by atoms with van der Waals surface area (Å²) >= 11 is 0. The van der Waals surface area contributed by atoms with E-state index in [1.54, 1.807) is 6.92 Å². The molecule has 0 amide bonds. The molecular weight excluding hydrogens is 235 g/mol. The van der Waals surface area contributed by atoms with Gasteiger partial charge in [-0.3, -0.25) is 0 Å². The van der Waals surface area contributed by atoms with E-state index >= 15 is 0 Å². The molecule has 0 bridgehead atoms. The zero-order valence-electron chi connectivity index (χ0n) is 13.8. The number of allylic oxidation sites excluding steroid dienone is 3. The average molecular weight is 268 g/mol. The molecule has 0 rings (SSSR count). The molecular formula is C18H33F. The fourth-order valence-corrected chi connectivity index (χ4v) is 2.74. The minimum absolute atomic E-state index is 0.284. The molecule has 1 heteroatoms. The predicted molar refractivity (Wildman–Crippen MR) is 85.1 cm³/mol. The quantitative estimate of drug-likeness (QED) is 0.428. The monoisotopic (exact) mass is 268 g/mol. The summed E-state index contributed by atoms with van der Waals surface area (Å²) in [6, 6.07) is 0. The van der Waals surface area contributed by atoms with E-state index in [0.29, 0.717) is 12.3 Å². The molecule has 0 saturated carbocycles. The summed E-state index contributed by atoms with van der Waals surface area (Å²) in [7, 11) is 0. The lowest BCUT2D eigenvalue weighted by atomic mass is 9.85. The van der Waals surface area contributed by atoms with Gasteiger partial charge in [-0.25, -0.2) is 4.39 Å². The standard InChI is InChI=1S/C18H33F/c1-8-17(10-13(3)4)14(5)11-15(6)18(9-2)12-16(7)19/h11,13,16-18H,6,8-10,12H2,1-5,7H3/b14-11+. The number of halogens is 1. The van der Waals surface area contributed by atoms with Crippen LogP contribution in [0.2, 0.25) is 0 Å². The summed E-state index contributed by atoms with van der Waals surface area (Å²) in [4.78, 5) is 0. The number of hydrogen-bond donors (Lipinski definition) is 0. The third kappa shape index (κ3) is 7.54. The second-order valence-electron chi connectivity index (χ2n) is 6.32. The summed E-state index contributed by atoms with van der Waals surface area (Å²) in [5.41, 5.74) is 2.51. The Bertz CT molecular complexity index is 286. The summed E-state index contributed by atoms with van der Waals surface area (Å²) in [5.74, 6) is 1.64. The molecule has 112 valence electrons. The van der Waals surface area contributed by atoms with Crippen LogP contribution in [0.1, 0.15) is 67.2 Å². The van der Waals surface area contributed by atoms with E-state index in [1.165, 1.54) is 18.4 Å². The van der Waals surface area contributed by atoms with Crippen molar-refractivity contribution >= 4 is 0 Å². The lowest BCUT2D eigenvalue weighted by molar-refractivity contribution is 0.303. The third-order valence-corrected chi connectivity index (χ3v) is 3.93. The SMILES string of the molecule is C=C(/C=C(\C)C(CC)CC(C)C)C(CC)CC(C)F. The molecule has 0 spiro atoms. The van der Waals surface area contributed by atoms with Crippen molar-refractivity contribution in [3.05, 3.63) is 23.8 Å². The molecule has 0 aromatic heterocycles. The molecule has 0 aliphatic rings. The highest BCUT2D eigenvalue weighted by atomic mass is 19.1. The van der Waals surface area contributed by atoms with Crippen LogP contribution in [-0.2, 0) is 0 Å². The first-order valence-corrected chi connectivity index (χ1v) is 7.82. The molecule has 0 aliphatic carbocycles. The maximum absolute atomic E-state index is 13.2. The molecule has 0 N–H and O–H groups in total. The smallest absolute Gasteiger partial charge is 0.0979 e. The molecule has 0 nitrogen and oxygen atoms in total. The second kappa shape index (κ2) is 9.34. The topological polar surface area (TPSA) is 0 Å². The molecule has 3 atom stereocenters. The van der Waals surface area contributed by atoms with Crippen LogP contribution in [0, 0.1) is 17.8 Å². The molecule has 0 aromatic rings. The average Bonchev–Trinajstić information content (AvgIpc) is 2.31. The van der Waals surface area contributed by atoms with Gasteiger partial charge in [0.2, 0.25) is 0 Å². The largest absolute Gasteiger partial charge is 0.248 e. The van der Waals surface area contributed by atoms with E-state index < -0.39 is 6.17 Å². The van der Waals surface area contributed by atoms with Gasteiger partial charge >= 0.3 is 0 Å². The highest BCUT2D eigenvalue weighted by molar-refractivity contribution is 5.23. The first-order valence-electron chi connectivity index (χ1n) is 7.82. The van der Waals surface area contributed by atoms with Crippen LogP contribution >= 0.6 is 0 Å². The molecule has 0 radical (unpaired) electrons. The van der Waals surface area contributed by atoms with Crippen LogP contribution in [0.5, 0.6) is 0 Å². The third-order valence-electron chi connectivity index (χ3n) is 3.93. The fraction of sp³-hybridized carbons (Fsp3) is 0.778. The molecule has 0 aromatic carbocycles. The van der Waals surface area contributed by atoms with Crippen molar-refractivity contribution in [2.75, 3.05) is 0 Å². The Morgan fingerprint density at radius 1 is 1.05 bits per heavy atom. The lowest BCUT2D eigenvalue weighted by Gasteiger charge is -2.21. The van der Waals surface area contributed by atoms with E-state index in [2.05, 4.69) is 47.3 Å². The Morgan fingerprint density at radius 3 is 1.95 bits per heavy atom. The first kappa shape index (κ1) is 18.4. The summed E-state index contributed by atoms with van der Waals surface area (Å²) in [6.45, 7) is 16.9. The van der Waals surface area contributed by atoms with Crippen LogP contribution in [0.15, 0.2) is 23.8 Å². The van der Waals surface area contributed by atoms with Gasteiger partial charge in [0.25, 0.3) is 0 Å². The van der Waals surface area contributed by atoms with Gasteiger partial charge in [0.05, 0.1) is 6.17 Å². The Kier molecular flexibility index (Phi) is 9.05. The molecule has 0 heterocycles. The van der Waals surface area contributed by atoms with Gasteiger partial charge in [-0.15, -0.1) is 0 Å². The maximum atomic E-state index is 13.2. The molecule has 0 aliphatic heterocycles. The molecule has 19 heavy (non-hydrogen) atoms. The number of hydrogen-bond acceptors (Lipinski definition) is 0. The van der Waals surface area contributed by atoms with Gasteiger partial charge in [0, 0.05) is 0 Å². The molecule has 0 fully saturated rings. The summed E-state index contributed by atoms with van der Waals surface area (Å²) < 4.78 is 13.2. The fourth-order valence-electron chi connectivity index (χ4n) is 2.74. The Balaban J connectivity index is 4.73. The highest BCUT2D eigenvalue weighted by Crippen LogP contribution is 2.28. The minimum Gasteiger partial charge on any atom is -0.248 e. The van der Waals surface area contributed by atoms with Crippen LogP contribution in [0.25, 0.3) is 0 Å². The van der Waals surface area contributed by atoms with Crippen LogP contribution in [-0.4, -0.2) is 6.17 Å². The van der Waals surface area contributed by atoms with E-state index in [0.717, 1.165) is 17.9 Å². The van der Waals surface area contributed by atoms with Crippen LogP contribution in [0.3, 0.4) is 0 Å². The Morgan fingerprint density at radius 2 is 1.58 bits per heavy atom. The molecule has 3 unspecified atom stereocenters. The van der Waals surface area contributed by atoms with Gasteiger partial charge < -0.3 is 0 Å². The van der Waals surface area contributed by atoms with Crippen molar-refractivity contribution in [2.45, 2.75) is 73.4 Å². The first-order chi connectivity index (χ1) is 8.81. The minimum atomic E-state index is -0.743. The van der Waals surface area contributed by atoms with E-state index in [9.17, 15) is 4.39 Å². The van der Waals surface area contributed by atoms with Crippen molar-refractivity contribution in [1.82, 2.24) is 0 Å². The Labute approximate surface area is 120 Å². The number of rotatable bonds is 9. The lowest BCUT2D eigenvalue weighted by Crippen LogP contribution is -2.09. The van der Waals surface area contributed by atoms with Crippen molar-refractivity contribution in [1.29, 1.82) is 0 Å². The zero-order valence-corrected chi connectivity index (χ0v) is 13.8. The van der Waals surface area contributed by atoms with Gasteiger partial charge in [0.15, 0.2) is 0 Å². The second-order valence-corrected chi connectivity index (χ2v) is 6.32. The van der Waals surface area contributed by atoms with Crippen LogP contribution < -0.4 is 0 Å². The van der Waals surface area contributed by atoms with Crippen LogP contribution in [0.4, 0.5) is 4.39 Å². The number of alkyl halides is 1. The van der Waals surface area contributed by atoms with Gasteiger partial charge in [0.1, 0.15) is 0 Å². The summed E-state index contributed by atoms with van der Waals surface area (Å²) in [6.07, 6.45) is 5.44. The highest BCUT2D eigenvalue weighted by Gasteiger charge is 2.15. The van der Waals surface area contributed by atoms with E-state index in [-0.39, 0.29) is 5.92 Å². The van der Waals surface area contributed by atoms with Crippen molar-refractivity contribution in [3.8, 4) is 0 Å². The zero-order chi connectivity index (χ0) is 15.0. The Hall–Kier alpha value is -0.590. The van der Waals surface area contributed by atoms with Crippen molar-refractivity contribution in [2.24, 2.45) is 17.8 Å². The van der Waals surface area contributed by atoms with Crippen molar-refractivity contribution < 1.29 is 4.39 Å². The molecule has 0 saturated heterocycles. The van der Waals surface area contributed by atoms with Gasteiger partial charge in [-0.2, -0.15) is 0 Å². The van der Waals surface area contributed by atoms with E-state index in [1.807, 2.05) is 0 Å². The van der Waals surface area contributed by atoms with Gasteiger partial charge in [-0.05, 0) is 57.3 Å².